The van der Waals surface area contributed by atoms with Gasteiger partial charge < -0.3 is 9.84 Å². The van der Waals surface area contributed by atoms with Gasteiger partial charge in [-0.2, -0.15) is 0 Å². The Balaban J connectivity index is 4.00. The van der Waals surface area contributed by atoms with Gasteiger partial charge in [0.2, 0.25) is 0 Å². The molecule has 0 aromatic heterocycles. The highest BCUT2D eigenvalue weighted by molar-refractivity contribution is 5.15. The van der Waals surface area contributed by atoms with E-state index in [1.807, 2.05) is 13.0 Å². The Morgan fingerprint density at radius 2 is 1.89 bits per heavy atom. The third-order valence-corrected chi connectivity index (χ3v) is 4.14. The van der Waals surface area contributed by atoms with Gasteiger partial charge in [-0.05, 0) is 45.4 Å². The maximum Gasteiger partial charge on any atom is 0.0648 e. The summed E-state index contributed by atoms with van der Waals surface area (Å²) < 4.78 is 5.53. The summed E-state index contributed by atoms with van der Waals surface area (Å²) in [6.07, 6.45) is 9.64. The highest BCUT2D eigenvalue weighted by atomic mass is 16.5. The van der Waals surface area contributed by atoms with Gasteiger partial charge in [0.1, 0.15) is 0 Å². The standard InChI is InChI=1S/C17H32O2/c1-14(8-7-9-15(2)12-13-18)10-11-16(3)17(4,5)19-6/h7,9,12,14,16,18H,8,10-11,13H2,1-6H3. The van der Waals surface area contributed by atoms with Gasteiger partial charge in [-0.15, -0.1) is 0 Å². The van der Waals surface area contributed by atoms with Crippen LogP contribution >= 0.6 is 0 Å². The molecule has 0 aromatic carbocycles. The molecule has 0 radical (unpaired) electrons. The maximum absolute atomic E-state index is 8.77. The lowest BCUT2D eigenvalue weighted by Gasteiger charge is -2.31. The highest BCUT2D eigenvalue weighted by Gasteiger charge is 2.24. The van der Waals surface area contributed by atoms with Gasteiger partial charge in [0, 0.05) is 7.11 Å². The van der Waals surface area contributed by atoms with Crippen LogP contribution < -0.4 is 0 Å². The third-order valence-electron chi connectivity index (χ3n) is 4.14. The van der Waals surface area contributed by atoms with Crippen molar-refractivity contribution in [2.45, 2.75) is 59.5 Å². The molecular formula is C17H32O2. The second-order valence-electron chi connectivity index (χ2n) is 6.16. The van der Waals surface area contributed by atoms with E-state index < -0.39 is 0 Å². The summed E-state index contributed by atoms with van der Waals surface area (Å²) in [5.74, 6) is 1.26. The Morgan fingerprint density at radius 1 is 1.26 bits per heavy atom. The first-order valence-electron chi connectivity index (χ1n) is 7.32. The Kier molecular flexibility index (Phi) is 9.03. The van der Waals surface area contributed by atoms with E-state index in [9.17, 15) is 0 Å². The molecule has 0 bridgehead atoms. The van der Waals surface area contributed by atoms with Crippen LogP contribution in [0.4, 0.5) is 0 Å². The summed E-state index contributed by atoms with van der Waals surface area (Å²) >= 11 is 0. The summed E-state index contributed by atoms with van der Waals surface area (Å²) in [7, 11) is 1.79. The predicted octanol–water partition coefficient (Wildman–Crippen LogP) is 4.35. The Bertz CT molecular complexity index is 290. The molecule has 0 saturated heterocycles. The number of hydrogen-bond donors (Lipinski definition) is 1. The van der Waals surface area contributed by atoms with Crippen molar-refractivity contribution in [1.29, 1.82) is 0 Å². The lowest BCUT2D eigenvalue weighted by atomic mass is 9.85. The SMILES string of the molecule is COC(C)(C)C(C)CCC(C)CC=CC(C)=CCO. The Hall–Kier alpha value is -0.600. The second-order valence-corrected chi connectivity index (χ2v) is 6.16. The normalized spacial score (nSPS) is 16.9. The molecule has 0 aliphatic heterocycles. The average molecular weight is 268 g/mol. The van der Waals surface area contributed by atoms with E-state index >= 15 is 0 Å². The summed E-state index contributed by atoms with van der Waals surface area (Å²) in [6.45, 7) is 11.0. The van der Waals surface area contributed by atoms with Crippen molar-refractivity contribution in [3.63, 3.8) is 0 Å². The summed E-state index contributed by atoms with van der Waals surface area (Å²) in [5, 5.41) is 8.77. The van der Waals surface area contributed by atoms with Crippen molar-refractivity contribution in [3.05, 3.63) is 23.8 Å². The number of aliphatic hydroxyl groups excluding tert-OH is 1. The van der Waals surface area contributed by atoms with Crippen LogP contribution in [0.2, 0.25) is 0 Å². The number of ether oxygens (including phenoxy) is 1. The van der Waals surface area contributed by atoms with Crippen LogP contribution in [-0.2, 0) is 4.74 Å². The van der Waals surface area contributed by atoms with Crippen LogP contribution in [0.15, 0.2) is 23.8 Å². The summed E-state index contributed by atoms with van der Waals surface area (Å²) in [6, 6.07) is 0. The predicted molar refractivity (Wildman–Crippen MR) is 83.2 cm³/mol. The quantitative estimate of drug-likeness (QED) is 0.630. The first-order valence-corrected chi connectivity index (χ1v) is 7.32. The molecule has 0 aliphatic carbocycles. The van der Waals surface area contributed by atoms with Crippen molar-refractivity contribution in [2.75, 3.05) is 13.7 Å². The lowest BCUT2D eigenvalue weighted by Crippen LogP contribution is -2.31. The minimum atomic E-state index is -0.0317. The number of hydrogen-bond acceptors (Lipinski definition) is 2. The molecule has 112 valence electrons. The highest BCUT2D eigenvalue weighted by Crippen LogP contribution is 2.26. The fourth-order valence-corrected chi connectivity index (χ4v) is 1.90. The van der Waals surface area contributed by atoms with Gasteiger partial charge in [0.05, 0.1) is 12.2 Å². The molecule has 2 heteroatoms. The maximum atomic E-state index is 8.77. The van der Waals surface area contributed by atoms with Crippen LogP contribution in [0.1, 0.15) is 53.9 Å². The second kappa shape index (κ2) is 9.33. The molecule has 0 spiro atoms. The zero-order valence-corrected chi connectivity index (χ0v) is 13.6. The molecule has 0 amide bonds. The van der Waals surface area contributed by atoms with Crippen LogP contribution in [0.25, 0.3) is 0 Å². The monoisotopic (exact) mass is 268 g/mol. The average Bonchev–Trinajstić information content (AvgIpc) is 2.36. The summed E-state index contributed by atoms with van der Waals surface area (Å²) in [5.41, 5.74) is 1.10. The van der Waals surface area contributed by atoms with E-state index in [1.54, 1.807) is 7.11 Å². The van der Waals surface area contributed by atoms with E-state index in [1.165, 1.54) is 12.8 Å². The van der Waals surface area contributed by atoms with Gasteiger partial charge in [-0.25, -0.2) is 0 Å². The lowest BCUT2D eigenvalue weighted by molar-refractivity contribution is -0.0259. The van der Waals surface area contributed by atoms with Crippen molar-refractivity contribution in [3.8, 4) is 0 Å². The number of rotatable bonds is 9. The van der Waals surface area contributed by atoms with E-state index in [4.69, 9.17) is 9.84 Å². The molecule has 2 atom stereocenters. The number of methoxy groups -OCH3 is 1. The molecular weight excluding hydrogens is 236 g/mol. The van der Waals surface area contributed by atoms with Crippen molar-refractivity contribution in [1.82, 2.24) is 0 Å². The zero-order valence-electron chi connectivity index (χ0n) is 13.6. The van der Waals surface area contributed by atoms with E-state index in [2.05, 4.69) is 39.8 Å². The topological polar surface area (TPSA) is 29.5 Å². The molecule has 19 heavy (non-hydrogen) atoms. The van der Waals surface area contributed by atoms with E-state index in [0.717, 1.165) is 12.0 Å². The zero-order chi connectivity index (χ0) is 14.9. The third kappa shape index (κ3) is 8.22. The molecule has 0 heterocycles. The van der Waals surface area contributed by atoms with Crippen molar-refractivity contribution in [2.24, 2.45) is 11.8 Å². The number of aliphatic hydroxyl groups is 1. The minimum absolute atomic E-state index is 0.0317. The molecule has 0 aromatic rings. The van der Waals surface area contributed by atoms with E-state index in [0.29, 0.717) is 11.8 Å². The first kappa shape index (κ1) is 18.4. The largest absolute Gasteiger partial charge is 0.392 e. The number of allylic oxidation sites excluding steroid dienone is 3. The van der Waals surface area contributed by atoms with Crippen molar-refractivity contribution >= 4 is 0 Å². The molecule has 0 saturated carbocycles. The van der Waals surface area contributed by atoms with Gasteiger partial charge in [-0.1, -0.05) is 44.1 Å². The van der Waals surface area contributed by atoms with Gasteiger partial charge >= 0.3 is 0 Å². The molecule has 0 aliphatic rings. The van der Waals surface area contributed by atoms with Crippen LogP contribution in [0.3, 0.4) is 0 Å². The Labute approximate surface area is 119 Å². The van der Waals surface area contributed by atoms with Crippen LogP contribution in [0, 0.1) is 11.8 Å². The van der Waals surface area contributed by atoms with Gasteiger partial charge in [-0.3, -0.25) is 0 Å². The Morgan fingerprint density at radius 3 is 2.42 bits per heavy atom. The van der Waals surface area contributed by atoms with Crippen LogP contribution in [-0.4, -0.2) is 24.4 Å². The fourth-order valence-electron chi connectivity index (χ4n) is 1.90. The smallest absolute Gasteiger partial charge is 0.0648 e. The minimum Gasteiger partial charge on any atom is -0.392 e. The van der Waals surface area contributed by atoms with Gasteiger partial charge in [0.15, 0.2) is 0 Å². The molecule has 0 fully saturated rings. The molecule has 1 N–H and O–H groups in total. The summed E-state index contributed by atoms with van der Waals surface area (Å²) in [4.78, 5) is 0. The first-order chi connectivity index (χ1) is 8.83. The molecule has 2 unspecified atom stereocenters. The van der Waals surface area contributed by atoms with E-state index in [-0.39, 0.29) is 12.2 Å². The van der Waals surface area contributed by atoms with Crippen LogP contribution in [0.5, 0.6) is 0 Å². The van der Waals surface area contributed by atoms with Crippen molar-refractivity contribution < 1.29 is 9.84 Å². The molecule has 0 rings (SSSR count). The van der Waals surface area contributed by atoms with Gasteiger partial charge in [0.25, 0.3) is 0 Å². The molecule has 2 nitrogen and oxygen atoms in total. The fraction of sp³-hybridized carbons (Fsp3) is 0.765.